The molecule has 0 aliphatic rings. The SMILES string of the molecule is COC(=O)C(C)(Cl)c1ccccc1. The molecule has 1 aromatic rings. The van der Waals surface area contributed by atoms with Crippen LogP contribution in [0.3, 0.4) is 0 Å². The molecule has 0 radical (unpaired) electrons. The Kier molecular flexibility index (Phi) is 2.94. The standard InChI is InChI=1S/C10H11ClO2/c1-10(11,9(12)13-2)8-6-4-3-5-7-8/h3-7H,1-2H3. The number of rotatable bonds is 2. The van der Waals surface area contributed by atoms with Crippen molar-refractivity contribution in [2.24, 2.45) is 0 Å². The maximum atomic E-state index is 11.3. The Bertz CT molecular complexity index is 293. The number of hydrogen-bond donors (Lipinski definition) is 0. The van der Waals surface area contributed by atoms with Gasteiger partial charge in [0.15, 0.2) is 4.87 Å². The van der Waals surface area contributed by atoms with Crippen molar-refractivity contribution in [2.75, 3.05) is 7.11 Å². The first kappa shape index (κ1) is 10.1. The van der Waals surface area contributed by atoms with Crippen LogP contribution in [0.15, 0.2) is 30.3 Å². The van der Waals surface area contributed by atoms with Crippen molar-refractivity contribution in [3.8, 4) is 0 Å². The monoisotopic (exact) mass is 198 g/mol. The number of methoxy groups -OCH3 is 1. The lowest BCUT2D eigenvalue weighted by molar-refractivity contribution is -0.143. The summed E-state index contributed by atoms with van der Waals surface area (Å²) in [4.78, 5) is 10.2. The number of halogens is 1. The van der Waals surface area contributed by atoms with Gasteiger partial charge < -0.3 is 4.74 Å². The predicted molar refractivity (Wildman–Crippen MR) is 51.7 cm³/mol. The van der Waals surface area contributed by atoms with Crippen molar-refractivity contribution in [3.05, 3.63) is 35.9 Å². The summed E-state index contributed by atoms with van der Waals surface area (Å²) in [5.41, 5.74) is 0.739. The van der Waals surface area contributed by atoms with Crippen LogP contribution in [-0.4, -0.2) is 13.1 Å². The number of carbonyl (C=O) groups excluding carboxylic acids is 1. The molecule has 2 nitrogen and oxygen atoms in total. The molecule has 13 heavy (non-hydrogen) atoms. The molecular formula is C10H11ClO2. The molecule has 0 heterocycles. The van der Waals surface area contributed by atoms with Crippen LogP contribution in [0.1, 0.15) is 12.5 Å². The highest BCUT2D eigenvalue weighted by Crippen LogP contribution is 2.29. The van der Waals surface area contributed by atoms with Crippen molar-refractivity contribution in [1.82, 2.24) is 0 Å². The van der Waals surface area contributed by atoms with E-state index < -0.39 is 10.8 Å². The van der Waals surface area contributed by atoms with E-state index in [1.807, 2.05) is 18.2 Å². The van der Waals surface area contributed by atoms with Gasteiger partial charge >= 0.3 is 5.97 Å². The smallest absolute Gasteiger partial charge is 0.331 e. The summed E-state index contributed by atoms with van der Waals surface area (Å²) >= 11 is 6.04. The number of benzene rings is 1. The summed E-state index contributed by atoms with van der Waals surface area (Å²) < 4.78 is 4.60. The van der Waals surface area contributed by atoms with Crippen molar-refractivity contribution in [2.45, 2.75) is 11.8 Å². The maximum Gasteiger partial charge on any atom is 0.331 e. The zero-order valence-electron chi connectivity index (χ0n) is 7.58. The Morgan fingerprint density at radius 1 is 1.38 bits per heavy atom. The summed E-state index contributed by atoms with van der Waals surface area (Å²) in [7, 11) is 1.33. The van der Waals surface area contributed by atoms with Crippen LogP contribution in [-0.2, 0) is 14.4 Å². The largest absolute Gasteiger partial charge is 0.467 e. The van der Waals surface area contributed by atoms with Crippen LogP contribution in [0, 0.1) is 0 Å². The van der Waals surface area contributed by atoms with Crippen molar-refractivity contribution < 1.29 is 9.53 Å². The van der Waals surface area contributed by atoms with Crippen LogP contribution in [0.5, 0.6) is 0 Å². The molecule has 1 rings (SSSR count). The Labute approximate surface area is 82.5 Å². The van der Waals surface area contributed by atoms with Crippen molar-refractivity contribution >= 4 is 17.6 Å². The number of carbonyl (C=O) groups is 1. The summed E-state index contributed by atoms with van der Waals surface area (Å²) in [5.74, 6) is -0.444. The zero-order valence-corrected chi connectivity index (χ0v) is 8.34. The average molecular weight is 199 g/mol. The molecule has 0 bridgehead atoms. The molecule has 0 fully saturated rings. The Hall–Kier alpha value is -1.02. The molecule has 1 atom stereocenters. The topological polar surface area (TPSA) is 26.3 Å². The minimum Gasteiger partial charge on any atom is -0.467 e. The summed E-state index contributed by atoms with van der Waals surface area (Å²) in [5, 5.41) is 0. The maximum absolute atomic E-state index is 11.3. The molecule has 3 heteroatoms. The molecule has 1 unspecified atom stereocenters. The highest BCUT2D eigenvalue weighted by Gasteiger charge is 2.33. The van der Waals surface area contributed by atoms with Gasteiger partial charge in [0.25, 0.3) is 0 Å². The molecule has 0 N–H and O–H groups in total. The zero-order chi connectivity index (χ0) is 9.90. The van der Waals surface area contributed by atoms with E-state index in [9.17, 15) is 4.79 Å². The lowest BCUT2D eigenvalue weighted by Crippen LogP contribution is -2.27. The van der Waals surface area contributed by atoms with Gasteiger partial charge in [-0.05, 0) is 12.5 Å². The van der Waals surface area contributed by atoms with E-state index in [4.69, 9.17) is 11.6 Å². The normalized spacial score (nSPS) is 14.7. The fourth-order valence-electron chi connectivity index (χ4n) is 1.06. The lowest BCUT2D eigenvalue weighted by atomic mass is 10.0. The molecule has 0 saturated carbocycles. The fraction of sp³-hybridized carbons (Fsp3) is 0.300. The van der Waals surface area contributed by atoms with Gasteiger partial charge in [-0.1, -0.05) is 30.3 Å². The van der Waals surface area contributed by atoms with Gasteiger partial charge in [0, 0.05) is 0 Å². The first-order valence-electron chi connectivity index (χ1n) is 3.92. The van der Waals surface area contributed by atoms with Crippen molar-refractivity contribution in [3.63, 3.8) is 0 Å². The third kappa shape index (κ3) is 2.01. The van der Waals surface area contributed by atoms with Gasteiger partial charge in [-0.25, -0.2) is 4.79 Å². The fourth-order valence-corrected chi connectivity index (χ4v) is 1.26. The Morgan fingerprint density at radius 3 is 2.38 bits per heavy atom. The number of ether oxygens (including phenoxy) is 1. The number of alkyl halides is 1. The first-order valence-corrected chi connectivity index (χ1v) is 4.29. The molecule has 0 aliphatic carbocycles. The molecule has 0 amide bonds. The molecule has 0 saturated heterocycles. The van der Waals surface area contributed by atoms with Gasteiger partial charge in [-0.15, -0.1) is 11.6 Å². The van der Waals surface area contributed by atoms with E-state index in [0.29, 0.717) is 0 Å². The van der Waals surface area contributed by atoms with Crippen LogP contribution in [0.25, 0.3) is 0 Å². The number of hydrogen-bond acceptors (Lipinski definition) is 2. The van der Waals surface area contributed by atoms with Gasteiger partial charge in [-0.3, -0.25) is 0 Å². The van der Waals surface area contributed by atoms with E-state index in [2.05, 4.69) is 4.74 Å². The molecule has 0 aromatic heterocycles. The predicted octanol–water partition coefficient (Wildman–Crippen LogP) is 2.31. The first-order chi connectivity index (χ1) is 6.09. The molecule has 1 aromatic carbocycles. The summed E-state index contributed by atoms with van der Waals surface area (Å²) in [6.07, 6.45) is 0. The van der Waals surface area contributed by atoms with E-state index in [-0.39, 0.29) is 0 Å². The van der Waals surface area contributed by atoms with Gasteiger partial charge in [0.2, 0.25) is 0 Å². The molecule has 0 aliphatic heterocycles. The minimum atomic E-state index is -1.09. The van der Waals surface area contributed by atoms with Gasteiger partial charge in [-0.2, -0.15) is 0 Å². The third-order valence-electron chi connectivity index (χ3n) is 1.88. The highest BCUT2D eigenvalue weighted by atomic mass is 35.5. The second-order valence-corrected chi connectivity index (χ2v) is 3.62. The number of esters is 1. The second kappa shape index (κ2) is 3.79. The second-order valence-electron chi connectivity index (χ2n) is 2.86. The van der Waals surface area contributed by atoms with E-state index in [1.165, 1.54) is 7.11 Å². The van der Waals surface area contributed by atoms with Crippen LogP contribution < -0.4 is 0 Å². The van der Waals surface area contributed by atoms with E-state index in [0.717, 1.165) is 5.56 Å². The third-order valence-corrected chi connectivity index (χ3v) is 2.26. The summed E-state index contributed by atoms with van der Waals surface area (Å²) in [6, 6.07) is 9.12. The van der Waals surface area contributed by atoms with Crippen LogP contribution in [0.2, 0.25) is 0 Å². The van der Waals surface area contributed by atoms with Crippen LogP contribution in [0.4, 0.5) is 0 Å². The quantitative estimate of drug-likeness (QED) is 0.539. The summed E-state index contributed by atoms with van der Waals surface area (Å²) in [6.45, 7) is 1.62. The van der Waals surface area contributed by atoms with Gasteiger partial charge in [0.05, 0.1) is 7.11 Å². The van der Waals surface area contributed by atoms with E-state index in [1.54, 1.807) is 19.1 Å². The minimum absolute atomic E-state index is 0.444. The molecule has 0 spiro atoms. The lowest BCUT2D eigenvalue weighted by Gasteiger charge is -2.18. The van der Waals surface area contributed by atoms with E-state index >= 15 is 0 Å². The molecule has 70 valence electrons. The Balaban J connectivity index is 3.00. The molecular weight excluding hydrogens is 188 g/mol. The van der Waals surface area contributed by atoms with Crippen LogP contribution >= 0.6 is 11.6 Å². The highest BCUT2D eigenvalue weighted by molar-refractivity contribution is 6.33. The average Bonchev–Trinajstić information content (AvgIpc) is 2.18. The van der Waals surface area contributed by atoms with Crippen molar-refractivity contribution in [1.29, 1.82) is 0 Å². The van der Waals surface area contributed by atoms with Gasteiger partial charge in [0.1, 0.15) is 0 Å². The Morgan fingerprint density at radius 2 is 1.92 bits per heavy atom.